The minimum atomic E-state index is -0.265. The van der Waals surface area contributed by atoms with E-state index in [4.69, 9.17) is 0 Å². The largest absolute Gasteiger partial charge is 0.353 e. The van der Waals surface area contributed by atoms with Crippen molar-refractivity contribution in [1.29, 1.82) is 0 Å². The Hall–Kier alpha value is -1.06. The fourth-order valence-corrected chi connectivity index (χ4v) is 3.54. The minimum Gasteiger partial charge on any atom is -0.353 e. The van der Waals surface area contributed by atoms with Crippen LogP contribution in [0.4, 0.5) is 0 Å². The first-order valence-corrected chi connectivity index (χ1v) is 7.55. The molecule has 2 atom stereocenters. The number of hydrogen-bond acceptors (Lipinski definition) is 2. The molecule has 1 N–H and O–H groups in total. The van der Waals surface area contributed by atoms with E-state index in [9.17, 15) is 9.59 Å². The van der Waals surface area contributed by atoms with E-state index in [1.807, 2.05) is 11.8 Å². The summed E-state index contributed by atoms with van der Waals surface area (Å²) >= 11 is 0. The molecule has 1 aliphatic carbocycles. The number of amides is 2. The summed E-state index contributed by atoms with van der Waals surface area (Å²) in [4.78, 5) is 26.5. The first-order valence-electron chi connectivity index (χ1n) is 7.55. The lowest BCUT2D eigenvalue weighted by Crippen LogP contribution is -2.59. The fourth-order valence-electron chi connectivity index (χ4n) is 3.54. The third kappa shape index (κ3) is 2.77. The van der Waals surface area contributed by atoms with Gasteiger partial charge in [0.15, 0.2) is 0 Å². The van der Waals surface area contributed by atoms with E-state index in [2.05, 4.69) is 19.2 Å². The molecule has 19 heavy (non-hydrogen) atoms. The van der Waals surface area contributed by atoms with Crippen LogP contribution < -0.4 is 5.32 Å². The van der Waals surface area contributed by atoms with Crippen molar-refractivity contribution < 1.29 is 9.59 Å². The molecule has 4 heteroatoms. The molecule has 0 bridgehead atoms. The highest BCUT2D eigenvalue weighted by Crippen LogP contribution is 2.41. The van der Waals surface area contributed by atoms with Crippen LogP contribution in [0.3, 0.4) is 0 Å². The van der Waals surface area contributed by atoms with Gasteiger partial charge in [-0.05, 0) is 24.7 Å². The number of nitrogens with one attached hydrogen (secondary N) is 1. The van der Waals surface area contributed by atoms with Gasteiger partial charge in [0, 0.05) is 19.0 Å². The second-order valence-corrected chi connectivity index (χ2v) is 6.53. The summed E-state index contributed by atoms with van der Waals surface area (Å²) < 4.78 is 0. The monoisotopic (exact) mass is 266 g/mol. The Morgan fingerprint density at radius 3 is 2.79 bits per heavy atom. The first kappa shape index (κ1) is 14.4. The SMILES string of the molecule is CCC1C(=O)NCCN1C(=O)C1CCCCC1(C)C. The molecule has 0 aromatic rings. The van der Waals surface area contributed by atoms with Crippen molar-refractivity contribution >= 4 is 11.8 Å². The summed E-state index contributed by atoms with van der Waals surface area (Å²) in [6.07, 6.45) is 5.14. The van der Waals surface area contributed by atoms with Gasteiger partial charge < -0.3 is 10.2 Å². The zero-order valence-electron chi connectivity index (χ0n) is 12.4. The highest BCUT2D eigenvalue weighted by atomic mass is 16.2. The smallest absolute Gasteiger partial charge is 0.242 e. The van der Waals surface area contributed by atoms with Gasteiger partial charge in [-0.25, -0.2) is 0 Å². The van der Waals surface area contributed by atoms with Crippen LogP contribution in [0, 0.1) is 11.3 Å². The molecule has 2 fully saturated rings. The molecule has 2 rings (SSSR count). The molecule has 2 amide bonds. The maximum absolute atomic E-state index is 12.8. The molecule has 1 heterocycles. The zero-order chi connectivity index (χ0) is 14.0. The number of piperazine rings is 1. The molecule has 1 aliphatic heterocycles. The molecule has 4 nitrogen and oxygen atoms in total. The highest BCUT2D eigenvalue weighted by molar-refractivity contribution is 5.89. The third-order valence-corrected chi connectivity index (χ3v) is 4.81. The van der Waals surface area contributed by atoms with Crippen molar-refractivity contribution in [2.75, 3.05) is 13.1 Å². The molecule has 0 radical (unpaired) electrons. The Morgan fingerprint density at radius 1 is 1.42 bits per heavy atom. The maximum atomic E-state index is 12.8. The Morgan fingerprint density at radius 2 is 2.16 bits per heavy atom. The molecule has 1 saturated heterocycles. The minimum absolute atomic E-state index is 0.00992. The van der Waals surface area contributed by atoms with Crippen molar-refractivity contribution in [2.24, 2.45) is 11.3 Å². The number of rotatable bonds is 2. The van der Waals surface area contributed by atoms with Gasteiger partial charge in [0.1, 0.15) is 6.04 Å². The second kappa shape index (κ2) is 5.51. The van der Waals surface area contributed by atoms with Crippen LogP contribution in [0.15, 0.2) is 0 Å². The molecule has 2 aliphatic rings. The van der Waals surface area contributed by atoms with Crippen LogP contribution in [0.2, 0.25) is 0 Å². The molecule has 2 unspecified atom stereocenters. The summed E-state index contributed by atoms with van der Waals surface area (Å²) in [6, 6.07) is -0.265. The van der Waals surface area contributed by atoms with Crippen LogP contribution in [0.25, 0.3) is 0 Å². The Labute approximate surface area is 115 Å². The van der Waals surface area contributed by atoms with Gasteiger partial charge in [0.25, 0.3) is 0 Å². The van der Waals surface area contributed by atoms with Crippen molar-refractivity contribution in [2.45, 2.75) is 58.9 Å². The lowest BCUT2D eigenvalue weighted by Gasteiger charge is -2.43. The van der Waals surface area contributed by atoms with E-state index < -0.39 is 0 Å². The molecular formula is C15H26N2O2. The number of carbonyl (C=O) groups is 2. The summed E-state index contributed by atoms with van der Waals surface area (Å²) in [5.74, 6) is 0.295. The average molecular weight is 266 g/mol. The lowest BCUT2D eigenvalue weighted by atomic mass is 9.68. The predicted molar refractivity (Wildman–Crippen MR) is 74.5 cm³/mol. The molecular weight excluding hydrogens is 240 g/mol. The van der Waals surface area contributed by atoms with E-state index in [0.29, 0.717) is 19.5 Å². The Balaban J connectivity index is 2.15. The van der Waals surface area contributed by atoms with Crippen LogP contribution in [0.5, 0.6) is 0 Å². The molecule has 0 aromatic carbocycles. The lowest BCUT2D eigenvalue weighted by molar-refractivity contribution is -0.150. The standard InChI is InChI=1S/C15H26N2O2/c1-4-12-13(18)16-9-10-17(12)14(19)11-7-5-6-8-15(11,2)3/h11-12H,4-10H2,1-3H3,(H,16,18). The maximum Gasteiger partial charge on any atom is 0.242 e. The third-order valence-electron chi connectivity index (χ3n) is 4.81. The van der Waals surface area contributed by atoms with E-state index in [0.717, 1.165) is 19.3 Å². The fraction of sp³-hybridized carbons (Fsp3) is 0.867. The van der Waals surface area contributed by atoms with Crippen molar-refractivity contribution in [3.63, 3.8) is 0 Å². The Bertz CT molecular complexity index is 365. The average Bonchev–Trinajstić information content (AvgIpc) is 2.37. The summed E-state index contributed by atoms with van der Waals surface area (Å²) in [5, 5.41) is 2.86. The van der Waals surface area contributed by atoms with Crippen molar-refractivity contribution in [3.8, 4) is 0 Å². The van der Waals surface area contributed by atoms with E-state index >= 15 is 0 Å². The molecule has 0 spiro atoms. The molecule has 1 saturated carbocycles. The van der Waals surface area contributed by atoms with Gasteiger partial charge in [-0.1, -0.05) is 33.6 Å². The van der Waals surface area contributed by atoms with Crippen molar-refractivity contribution in [1.82, 2.24) is 10.2 Å². The van der Waals surface area contributed by atoms with Crippen molar-refractivity contribution in [3.05, 3.63) is 0 Å². The normalized spacial score (nSPS) is 30.9. The van der Waals surface area contributed by atoms with Crippen LogP contribution >= 0.6 is 0 Å². The predicted octanol–water partition coefficient (Wildman–Crippen LogP) is 1.94. The van der Waals surface area contributed by atoms with Gasteiger partial charge in [-0.15, -0.1) is 0 Å². The second-order valence-electron chi connectivity index (χ2n) is 6.53. The van der Waals surface area contributed by atoms with Gasteiger partial charge in [0.05, 0.1) is 0 Å². The summed E-state index contributed by atoms with van der Waals surface area (Å²) in [5.41, 5.74) is 0.0710. The van der Waals surface area contributed by atoms with E-state index in [1.165, 1.54) is 6.42 Å². The Kier molecular flexibility index (Phi) is 4.16. The van der Waals surface area contributed by atoms with Crippen LogP contribution in [-0.2, 0) is 9.59 Å². The highest BCUT2D eigenvalue weighted by Gasteiger charge is 2.42. The quantitative estimate of drug-likeness (QED) is 0.830. The summed E-state index contributed by atoms with van der Waals surface area (Å²) in [7, 11) is 0. The van der Waals surface area contributed by atoms with Gasteiger partial charge >= 0.3 is 0 Å². The van der Waals surface area contributed by atoms with E-state index in [1.54, 1.807) is 0 Å². The van der Waals surface area contributed by atoms with Crippen LogP contribution in [0.1, 0.15) is 52.9 Å². The van der Waals surface area contributed by atoms with Crippen LogP contribution in [-0.4, -0.2) is 35.8 Å². The summed E-state index contributed by atoms with van der Waals surface area (Å²) in [6.45, 7) is 7.62. The van der Waals surface area contributed by atoms with Gasteiger partial charge in [0.2, 0.25) is 11.8 Å². The molecule has 108 valence electrons. The van der Waals surface area contributed by atoms with E-state index in [-0.39, 0.29) is 29.2 Å². The number of carbonyl (C=O) groups excluding carboxylic acids is 2. The number of hydrogen-bond donors (Lipinski definition) is 1. The van der Waals surface area contributed by atoms with Gasteiger partial charge in [-0.3, -0.25) is 9.59 Å². The zero-order valence-corrected chi connectivity index (χ0v) is 12.4. The molecule has 0 aromatic heterocycles. The topological polar surface area (TPSA) is 49.4 Å². The number of nitrogens with zero attached hydrogens (tertiary/aromatic N) is 1. The first-order chi connectivity index (χ1) is 8.97. The van der Waals surface area contributed by atoms with Gasteiger partial charge in [-0.2, -0.15) is 0 Å².